The Morgan fingerprint density at radius 1 is 1.22 bits per heavy atom. The van der Waals surface area contributed by atoms with Gasteiger partial charge >= 0.3 is 0 Å². The molecule has 2 rings (SSSR count). The van der Waals surface area contributed by atoms with Crippen LogP contribution in [0.2, 0.25) is 0 Å². The maximum Gasteiger partial charge on any atom is 0.246 e. The molecule has 1 unspecified atom stereocenters. The zero-order valence-electron chi connectivity index (χ0n) is 11.0. The molecule has 5 heteroatoms. The highest BCUT2D eigenvalue weighted by atomic mass is 35.5. The standard InChI is InChI=1S/C13H24N2O2.ClH/c16-13(15-9-11-6-7-14-8-11)10-17-12-4-2-1-3-5-12;/h11-12,14H,1-10H2,(H,15,16);1H. The van der Waals surface area contributed by atoms with Gasteiger partial charge in [-0.3, -0.25) is 4.79 Å². The lowest BCUT2D eigenvalue weighted by atomic mass is 9.98. The minimum absolute atomic E-state index is 0. The van der Waals surface area contributed by atoms with E-state index in [0.717, 1.165) is 32.5 Å². The number of ether oxygens (including phenoxy) is 1. The first kappa shape index (κ1) is 15.7. The molecule has 0 aromatic heterocycles. The highest BCUT2D eigenvalue weighted by molar-refractivity contribution is 5.85. The number of nitrogens with one attached hydrogen (secondary N) is 2. The van der Waals surface area contributed by atoms with Crippen molar-refractivity contribution in [3.05, 3.63) is 0 Å². The molecule has 0 radical (unpaired) electrons. The van der Waals surface area contributed by atoms with Gasteiger partial charge in [-0.2, -0.15) is 0 Å². The van der Waals surface area contributed by atoms with Crippen molar-refractivity contribution in [2.45, 2.75) is 44.6 Å². The monoisotopic (exact) mass is 276 g/mol. The average Bonchev–Trinajstić information content (AvgIpc) is 2.88. The molecule has 4 nitrogen and oxygen atoms in total. The van der Waals surface area contributed by atoms with E-state index in [9.17, 15) is 4.79 Å². The van der Waals surface area contributed by atoms with Crippen LogP contribution in [0.5, 0.6) is 0 Å². The van der Waals surface area contributed by atoms with E-state index in [-0.39, 0.29) is 24.9 Å². The van der Waals surface area contributed by atoms with Crippen molar-refractivity contribution in [2.75, 3.05) is 26.2 Å². The summed E-state index contributed by atoms with van der Waals surface area (Å²) in [5.41, 5.74) is 0. The molecule has 2 aliphatic rings. The fourth-order valence-corrected chi connectivity index (χ4v) is 2.62. The van der Waals surface area contributed by atoms with Gasteiger partial charge in [0.1, 0.15) is 6.61 Å². The van der Waals surface area contributed by atoms with E-state index >= 15 is 0 Å². The predicted molar refractivity (Wildman–Crippen MR) is 74.1 cm³/mol. The molecule has 0 aromatic rings. The van der Waals surface area contributed by atoms with Crippen LogP contribution in [0.4, 0.5) is 0 Å². The summed E-state index contributed by atoms with van der Waals surface area (Å²) < 4.78 is 5.63. The largest absolute Gasteiger partial charge is 0.368 e. The fourth-order valence-electron chi connectivity index (χ4n) is 2.62. The van der Waals surface area contributed by atoms with Crippen molar-refractivity contribution in [1.82, 2.24) is 10.6 Å². The van der Waals surface area contributed by atoms with Gasteiger partial charge in [0, 0.05) is 6.54 Å². The second kappa shape index (κ2) is 8.73. The normalized spacial score (nSPS) is 24.6. The van der Waals surface area contributed by atoms with Crippen molar-refractivity contribution in [3.63, 3.8) is 0 Å². The first-order chi connectivity index (χ1) is 8.34. The second-order valence-corrected chi connectivity index (χ2v) is 5.23. The molecule has 106 valence electrons. The summed E-state index contributed by atoms with van der Waals surface area (Å²) in [6.45, 7) is 3.15. The lowest BCUT2D eigenvalue weighted by Gasteiger charge is -2.21. The van der Waals surface area contributed by atoms with E-state index in [4.69, 9.17) is 4.74 Å². The average molecular weight is 277 g/mol. The van der Waals surface area contributed by atoms with Gasteiger partial charge in [-0.05, 0) is 38.3 Å². The molecule has 2 fully saturated rings. The summed E-state index contributed by atoms with van der Waals surface area (Å²) in [6, 6.07) is 0. The Balaban J connectivity index is 0.00000162. The fraction of sp³-hybridized carbons (Fsp3) is 0.923. The third kappa shape index (κ3) is 5.55. The number of carbonyl (C=O) groups is 1. The summed E-state index contributed by atoms with van der Waals surface area (Å²) in [5, 5.41) is 6.26. The Kier molecular flexibility index (Phi) is 7.63. The van der Waals surface area contributed by atoms with Crippen molar-refractivity contribution in [1.29, 1.82) is 0 Å². The first-order valence-corrected chi connectivity index (χ1v) is 6.93. The van der Waals surface area contributed by atoms with Crippen molar-refractivity contribution in [3.8, 4) is 0 Å². The highest BCUT2D eigenvalue weighted by Crippen LogP contribution is 2.19. The Bertz CT molecular complexity index is 239. The summed E-state index contributed by atoms with van der Waals surface area (Å²) in [6.07, 6.45) is 7.56. The number of hydrogen-bond acceptors (Lipinski definition) is 3. The number of hydrogen-bond donors (Lipinski definition) is 2. The van der Waals surface area contributed by atoms with Gasteiger partial charge in [0.05, 0.1) is 6.10 Å². The molecule has 0 spiro atoms. The van der Waals surface area contributed by atoms with E-state index in [1.165, 1.54) is 25.7 Å². The van der Waals surface area contributed by atoms with Crippen molar-refractivity contribution < 1.29 is 9.53 Å². The predicted octanol–water partition coefficient (Wildman–Crippen LogP) is 1.48. The van der Waals surface area contributed by atoms with Gasteiger partial charge in [-0.1, -0.05) is 19.3 Å². The number of rotatable bonds is 5. The Morgan fingerprint density at radius 2 is 2.00 bits per heavy atom. The van der Waals surface area contributed by atoms with Crippen LogP contribution in [0.15, 0.2) is 0 Å². The van der Waals surface area contributed by atoms with Crippen LogP contribution in [0.1, 0.15) is 38.5 Å². The molecule has 1 saturated carbocycles. The van der Waals surface area contributed by atoms with E-state index in [0.29, 0.717) is 12.0 Å². The topological polar surface area (TPSA) is 50.4 Å². The molecule has 1 aliphatic carbocycles. The van der Waals surface area contributed by atoms with E-state index in [1.54, 1.807) is 0 Å². The van der Waals surface area contributed by atoms with Gasteiger partial charge < -0.3 is 15.4 Å². The second-order valence-electron chi connectivity index (χ2n) is 5.23. The number of amides is 1. The molecule has 1 aliphatic heterocycles. The molecule has 0 aromatic carbocycles. The van der Waals surface area contributed by atoms with Crippen LogP contribution in [0, 0.1) is 5.92 Å². The smallest absolute Gasteiger partial charge is 0.246 e. The van der Waals surface area contributed by atoms with Gasteiger partial charge in [0.25, 0.3) is 0 Å². The lowest BCUT2D eigenvalue weighted by molar-refractivity contribution is -0.128. The molecule has 1 heterocycles. The van der Waals surface area contributed by atoms with Crippen LogP contribution < -0.4 is 10.6 Å². The Labute approximate surface area is 116 Å². The summed E-state index contributed by atoms with van der Waals surface area (Å²) >= 11 is 0. The van der Waals surface area contributed by atoms with Crippen molar-refractivity contribution in [2.24, 2.45) is 5.92 Å². The minimum atomic E-state index is 0. The van der Waals surface area contributed by atoms with Crippen LogP contribution in [-0.4, -0.2) is 38.3 Å². The summed E-state index contributed by atoms with van der Waals surface area (Å²) in [5.74, 6) is 0.649. The summed E-state index contributed by atoms with van der Waals surface area (Å²) in [7, 11) is 0. The van der Waals surface area contributed by atoms with Crippen LogP contribution >= 0.6 is 12.4 Å². The number of halogens is 1. The minimum Gasteiger partial charge on any atom is -0.368 e. The zero-order valence-corrected chi connectivity index (χ0v) is 11.8. The zero-order chi connectivity index (χ0) is 11.9. The first-order valence-electron chi connectivity index (χ1n) is 6.93. The summed E-state index contributed by atoms with van der Waals surface area (Å²) in [4.78, 5) is 11.6. The third-order valence-corrected chi connectivity index (χ3v) is 3.75. The van der Waals surface area contributed by atoms with E-state index in [2.05, 4.69) is 10.6 Å². The molecule has 1 atom stereocenters. The molecular formula is C13H25ClN2O2. The van der Waals surface area contributed by atoms with E-state index in [1.807, 2.05) is 0 Å². The molecule has 18 heavy (non-hydrogen) atoms. The number of carbonyl (C=O) groups excluding carboxylic acids is 1. The van der Waals surface area contributed by atoms with Crippen LogP contribution in [0.3, 0.4) is 0 Å². The van der Waals surface area contributed by atoms with Crippen LogP contribution in [0.25, 0.3) is 0 Å². The maximum absolute atomic E-state index is 11.6. The molecule has 2 N–H and O–H groups in total. The SMILES string of the molecule is Cl.O=C(COC1CCCCC1)NCC1CCNC1. The molecular weight excluding hydrogens is 252 g/mol. The quantitative estimate of drug-likeness (QED) is 0.800. The lowest BCUT2D eigenvalue weighted by Crippen LogP contribution is -2.34. The Morgan fingerprint density at radius 3 is 2.67 bits per heavy atom. The van der Waals surface area contributed by atoms with Crippen molar-refractivity contribution >= 4 is 18.3 Å². The van der Waals surface area contributed by atoms with Gasteiger partial charge in [0.15, 0.2) is 0 Å². The third-order valence-electron chi connectivity index (χ3n) is 3.75. The van der Waals surface area contributed by atoms with Gasteiger partial charge in [-0.15, -0.1) is 12.4 Å². The van der Waals surface area contributed by atoms with Gasteiger partial charge in [-0.25, -0.2) is 0 Å². The molecule has 0 bridgehead atoms. The Hall–Kier alpha value is -0.320. The van der Waals surface area contributed by atoms with Gasteiger partial charge in [0.2, 0.25) is 5.91 Å². The molecule has 1 amide bonds. The highest BCUT2D eigenvalue weighted by Gasteiger charge is 2.17. The maximum atomic E-state index is 11.6. The van der Waals surface area contributed by atoms with E-state index < -0.39 is 0 Å². The van der Waals surface area contributed by atoms with Crippen LogP contribution in [-0.2, 0) is 9.53 Å². The molecule has 1 saturated heterocycles.